The van der Waals surface area contributed by atoms with E-state index in [1.54, 1.807) is 6.08 Å². The Labute approximate surface area is 588 Å². The predicted octanol–water partition coefficient (Wildman–Crippen LogP) is 13.0. The van der Waals surface area contributed by atoms with Crippen LogP contribution in [0.3, 0.4) is 0 Å². The summed E-state index contributed by atoms with van der Waals surface area (Å²) in [5.41, 5.74) is 0. The summed E-state index contributed by atoms with van der Waals surface area (Å²) in [7, 11) is 0. The van der Waals surface area contributed by atoms with Crippen molar-refractivity contribution in [1.29, 1.82) is 0 Å². The van der Waals surface area contributed by atoms with Gasteiger partial charge in [-0.1, -0.05) is 321 Å². The highest BCUT2D eigenvalue weighted by Gasteiger charge is 2.54. The first-order valence-corrected chi connectivity index (χ1v) is 40.1. The number of hydrogen-bond donors (Lipinski definition) is 12. The summed E-state index contributed by atoms with van der Waals surface area (Å²) in [6.07, 6.45) is 44.8. The second-order valence-corrected chi connectivity index (χ2v) is 28.9. The van der Waals surface area contributed by atoms with Crippen LogP contribution in [0.5, 0.6) is 0 Å². The fraction of sp³-hybridized carbons (Fsp3) is 0.936. The zero-order valence-corrected chi connectivity index (χ0v) is 61.1. The minimum absolute atomic E-state index is 0.241. The van der Waals surface area contributed by atoms with Gasteiger partial charge in [0, 0.05) is 6.42 Å². The van der Waals surface area contributed by atoms with Crippen LogP contribution in [0.2, 0.25) is 0 Å². The highest BCUT2D eigenvalue weighted by atomic mass is 16.8. The quantitative estimate of drug-likeness (QED) is 0.0199. The van der Waals surface area contributed by atoms with Gasteiger partial charge in [-0.3, -0.25) is 4.79 Å². The minimum Gasteiger partial charge on any atom is -0.394 e. The van der Waals surface area contributed by atoms with E-state index in [1.807, 2.05) is 6.08 Å². The van der Waals surface area contributed by atoms with Crippen LogP contribution >= 0.6 is 0 Å². The second kappa shape index (κ2) is 59.6. The van der Waals surface area contributed by atoms with Crippen LogP contribution in [-0.4, -0.2) is 193 Å². The standard InChI is InChI=1S/C78H147NO18/c1-3-5-7-9-11-13-15-17-19-21-23-24-25-26-27-28-29-30-31-32-33-34-35-36-37-38-40-42-44-46-48-50-52-54-56-66(84)79-61(62(83)55-53-51-49-47-45-43-41-39-22-20-18-16-14-12-10-8-6-4-2)60-92-76-72(90)69(87)74(64(58-81)94-76)97-78-73(91)70(88)75(65(59-82)95-78)96-77-71(89)68(86)67(85)63(57-80)93-77/h45,47,53,55,61-65,67-78,80-83,85-91H,3-44,46,48-52,54,56-60H2,1-2H3,(H,79,84)/b47-45+,55-53+. The summed E-state index contributed by atoms with van der Waals surface area (Å²) in [5.74, 6) is -0.278. The molecule has 0 aromatic rings. The van der Waals surface area contributed by atoms with Crippen molar-refractivity contribution in [3.8, 4) is 0 Å². The number of aliphatic hydroxyl groups is 11. The van der Waals surface area contributed by atoms with Crippen molar-refractivity contribution in [2.75, 3.05) is 26.4 Å². The van der Waals surface area contributed by atoms with Gasteiger partial charge in [0.2, 0.25) is 5.91 Å². The number of unbranched alkanes of at least 4 members (excludes halogenated alkanes) is 46. The molecule has 572 valence electrons. The van der Waals surface area contributed by atoms with Crippen molar-refractivity contribution >= 4 is 5.91 Å². The summed E-state index contributed by atoms with van der Waals surface area (Å²) < 4.78 is 34.4. The summed E-state index contributed by atoms with van der Waals surface area (Å²) in [4.78, 5) is 13.5. The van der Waals surface area contributed by atoms with Gasteiger partial charge in [0.25, 0.3) is 0 Å². The van der Waals surface area contributed by atoms with E-state index in [0.717, 1.165) is 38.5 Å². The number of carbonyl (C=O) groups excluding carboxylic acids is 1. The van der Waals surface area contributed by atoms with E-state index in [9.17, 15) is 61.0 Å². The molecule has 0 aromatic carbocycles. The van der Waals surface area contributed by atoms with Gasteiger partial charge in [0.05, 0.1) is 38.6 Å². The molecule has 3 heterocycles. The summed E-state index contributed by atoms with van der Waals surface area (Å²) in [6, 6.07) is -0.987. The van der Waals surface area contributed by atoms with Crippen LogP contribution in [0.4, 0.5) is 0 Å². The molecule has 3 fully saturated rings. The third-order valence-corrected chi connectivity index (χ3v) is 20.3. The molecule has 12 N–H and O–H groups in total. The first-order valence-electron chi connectivity index (χ1n) is 40.1. The average Bonchev–Trinajstić information content (AvgIpc) is 0.788. The van der Waals surface area contributed by atoms with E-state index < -0.39 is 124 Å². The van der Waals surface area contributed by atoms with Crippen LogP contribution in [0, 0.1) is 0 Å². The van der Waals surface area contributed by atoms with Crippen LogP contribution in [-0.2, 0) is 33.2 Å². The number of allylic oxidation sites excluding steroid dienone is 3. The Balaban J connectivity index is 1.34. The third-order valence-electron chi connectivity index (χ3n) is 20.3. The van der Waals surface area contributed by atoms with Gasteiger partial charge >= 0.3 is 0 Å². The Kier molecular flexibility index (Phi) is 55.0. The van der Waals surface area contributed by atoms with E-state index in [0.29, 0.717) is 12.8 Å². The average molecular weight is 1390 g/mol. The Morgan fingerprint density at radius 3 is 1.03 bits per heavy atom. The topological polar surface area (TPSA) is 307 Å². The smallest absolute Gasteiger partial charge is 0.220 e. The molecule has 19 nitrogen and oxygen atoms in total. The highest BCUT2D eigenvalue weighted by molar-refractivity contribution is 5.76. The zero-order valence-electron chi connectivity index (χ0n) is 61.1. The number of hydrogen-bond acceptors (Lipinski definition) is 18. The molecule has 3 saturated heterocycles. The largest absolute Gasteiger partial charge is 0.394 e. The van der Waals surface area contributed by atoms with Crippen molar-refractivity contribution in [3.63, 3.8) is 0 Å². The number of ether oxygens (including phenoxy) is 6. The maximum Gasteiger partial charge on any atom is 0.220 e. The maximum atomic E-state index is 13.5. The Bertz CT molecular complexity index is 1850. The SMILES string of the molecule is CCCCCCCCCCCCCC/C=C/CC/C=C/C(O)C(COC1OC(CO)C(OC2OC(CO)C(OC3OC(CO)C(O)C(O)C3O)C(O)C2O)C(O)C1O)NC(=O)CCCCCCCCCCCCCCCCCCCCCCCCCCCCCCCCCCCC. The maximum absolute atomic E-state index is 13.5. The molecular formula is C78H147NO18. The molecule has 0 aromatic heterocycles. The van der Waals surface area contributed by atoms with Crippen LogP contribution in [0.1, 0.15) is 335 Å². The molecule has 3 aliphatic heterocycles. The monoisotopic (exact) mass is 1390 g/mol. The third kappa shape index (κ3) is 40.2. The zero-order chi connectivity index (χ0) is 70.4. The van der Waals surface area contributed by atoms with E-state index in [-0.39, 0.29) is 18.9 Å². The van der Waals surface area contributed by atoms with Crippen molar-refractivity contribution in [3.05, 3.63) is 24.3 Å². The lowest BCUT2D eigenvalue weighted by molar-refractivity contribution is -0.379. The summed E-state index contributed by atoms with van der Waals surface area (Å²) in [6.45, 7) is 1.76. The molecule has 17 unspecified atom stereocenters. The Hall–Kier alpha value is -1.73. The van der Waals surface area contributed by atoms with Gasteiger partial charge in [-0.15, -0.1) is 0 Å². The van der Waals surface area contributed by atoms with Gasteiger partial charge in [-0.2, -0.15) is 0 Å². The van der Waals surface area contributed by atoms with Crippen molar-refractivity contribution < 1.29 is 89.4 Å². The highest BCUT2D eigenvalue weighted by Crippen LogP contribution is 2.33. The van der Waals surface area contributed by atoms with E-state index in [1.165, 1.54) is 263 Å². The Morgan fingerprint density at radius 1 is 0.361 bits per heavy atom. The molecule has 0 saturated carbocycles. The van der Waals surface area contributed by atoms with Crippen LogP contribution in [0.25, 0.3) is 0 Å². The van der Waals surface area contributed by atoms with Gasteiger partial charge in [-0.05, 0) is 32.1 Å². The summed E-state index contributed by atoms with van der Waals surface area (Å²) in [5, 5.41) is 121. The van der Waals surface area contributed by atoms with E-state index in [2.05, 4.69) is 31.3 Å². The van der Waals surface area contributed by atoms with Crippen LogP contribution < -0.4 is 5.32 Å². The lowest BCUT2D eigenvalue weighted by Gasteiger charge is -2.48. The number of nitrogens with one attached hydrogen (secondary N) is 1. The van der Waals surface area contributed by atoms with E-state index in [4.69, 9.17) is 28.4 Å². The number of aliphatic hydroxyl groups excluding tert-OH is 11. The van der Waals surface area contributed by atoms with E-state index >= 15 is 0 Å². The Morgan fingerprint density at radius 2 is 0.660 bits per heavy atom. The minimum atomic E-state index is -1.98. The molecule has 0 spiro atoms. The van der Waals surface area contributed by atoms with Gasteiger partial charge < -0.3 is 89.9 Å². The molecular weight excluding hydrogens is 1240 g/mol. The lowest BCUT2D eigenvalue weighted by Crippen LogP contribution is -2.66. The first kappa shape index (κ1) is 89.5. The van der Waals surface area contributed by atoms with Gasteiger partial charge in [0.15, 0.2) is 18.9 Å². The fourth-order valence-electron chi connectivity index (χ4n) is 13.8. The molecule has 19 heteroatoms. The fourth-order valence-corrected chi connectivity index (χ4v) is 13.8. The molecule has 1 amide bonds. The van der Waals surface area contributed by atoms with Gasteiger partial charge in [0.1, 0.15) is 73.2 Å². The summed E-state index contributed by atoms with van der Waals surface area (Å²) >= 11 is 0. The first-order chi connectivity index (χ1) is 47.3. The molecule has 0 bridgehead atoms. The molecule has 0 aliphatic carbocycles. The number of carbonyl (C=O) groups is 1. The van der Waals surface area contributed by atoms with Crippen LogP contribution in [0.15, 0.2) is 24.3 Å². The van der Waals surface area contributed by atoms with Crippen molar-refractivity contribution in [1.82, 2.24) is 5.32 Å². The molecule has 17 atom stereocenters. The molecule has 0 radical (unpaired) electrons. The second-order valence-electron chi connectivity index (χ2n) is 28.9. The molecule has 3 rings (SSSR count). The predicted molar refractivity (Wildman–Crippen MR) is 383 cm³/mol. The lowest BCUT2D eigenvalue weighted by atomic mass is 9.96. The number of rotatable bonds is 64. The number of amides is 1. The van der Waals surface area contributed by atoms with Crippen molar-refractivity contribution in [2.24, 2.45) is 0 Å². The van der Waals surface area contributed by atoms with Gasteiger partial charge in [-0.25, -0.2) is 0 Å². The molecule has 97 heavy (non-hydrogen) atoms. The normalized spacial score (nSPS) is 27.0. The molecule has 3 aliphatic rings. The van der Waals surface area contributed by atoms with Crippen molar-refractivity contribution in [2.45, 2.75) is 439 Å².